The molecule has 9 nitrogen and oxygen atoms in total. The molecule has 5 rings (SSSR count). The van der Waals surface area contributed by atoms with E-state index in [0.717, 1.165) is 40.4 Å². The zero-order valence-corrected chi connectivity index (χ0v) is 23.9. The minimum absolute atomic E-state index is 0.0905. The normalized spacial score (nSPS) is 14.7. The first kappa shape index (κ1) is 31.6. The zero-order chi connectivity index (χ0) is 32.4. The minimum atomic E-state index is -4.79. The van der Waals surface area contributed by atoms with Crippen molar-refractivity contribution in [3.05, 3.63) is 89.7 Å². The van der Waals surface area contributed by atoms with Crippen LogP contribution in [0.5, 0.6) is 5.75 Å². The molecule has 1 fully saturated rings. The molecule has 2 heterocycles. The number of thioether (sulfide) groups is 1. The lowest BCUT2D eigenvalue weighted by Gasteiger charge is -2.21. The molecule has 16 heteroatoms. The lowest BCUT2D eigenvalue weighted by Crippen LogP contribution is -2.32. The van der Waals surface area contributed by atoms with Gasteiger partial charge in [-0.25, -0.2) is 14.5 Å². The van der Waals surface area contributed by atoms with Gasteiger partial charge in [-0.1, -0.05) is 42.1 Å². The number of rotatable bonds is 7. The third kappa shape index (κ3) is 7.81. The van der Waals surface area contributed by atoms with Gasteiger partial charge < -0.3 is 9.47 Å². The van der Waals surface area contributed by atoms with Crippen molar-refractivity contribution in [1.82, 2.24) is 14.8 Å². The van der Waals surface area contributed by atoms with Crippen LogP contribution in [0.15, 0.2) is 78.0 Å². The largest absolute Gasteiger partial charge is 0.573 e. The molecule has 3 aromatic carbocycles. The van der Waals surface area contributed by atoms with Gasteiger partial charge in [0.15, 0.2) is 11.0 Å². The molecule has 0 N–H and O–H groups in total. The molecule has 234 valence electrons. The summed E-state index contributed by atoms with van der Waals surface area (Å²) in [5.41, 5.74) is 0.957. The second-order valence-corrected chi connectivity index (χ2v) is 10.5. The number of hydrogen-bond donors (Lipinski definition) is 0. The van der Waals surface area contributed by atoms with Crippen molar-refractivity contribution in [1.29, 1.82) is 0 Å². The van der Waals surface area contributed by atoms with E-state index in [9.17, 15) is 35.9 Å². The average Bonchev–Trinajstić information content (AvgIpc) is 3.59. The molecular weight excluding hydrogens is 628 g/mol. The van der Waals surface area contributed by atoms with Crippen LogP contribution in [0.3, 0.4) is 0 Å². The molecular formula is C29H21F6N5O4S. The van der Waals surface area contributed by atoms with Crippen LogP contribution in [0.2, 0.25) is 0 Å². The Hall–Kier alpha value is -4.86. The Balaban J connectivity index is 1.18. The van der Waals surface area contributed by atoms with E-state index >= 15 is 0 Å². The highest BCUT2D eigenvalue weighted by molar-refractivity contribution is 8.15. The van der Waals surface area contributed by atoms with Crippen LogP contribution in [0.4, 0.5) is 36.8 Å². The number of aryl methyl sites for hydroxylation is 1. The van der Waals surface area contributed by atoms with Gasteiger partial charge in [0.1, 0.15) is 12.1 Å². The Morgan fingerprint density at radius 3 is 2.38 bits per heavy atom. The van der Waals surface area contributed by atoms with E-state index in [4.69, 9.17) is 4.74 Å². The first-order valence-corrected chi connectivity index (χ1v) is 14.0. The molecule has 0 radical (unpaired) electrons. The number of carbonyl (C=O) groups excluding carboxylic acids is 2. The fraction of sp³-hybridized carbons (Fsp3) is 0.207. The monoisotopic (exact) mass is 649 g/mol. The van der Waals surface area contributed by atoms with Crippen LogP contribution >= 0.6 is 11.8 Å². The minimum Gasteiger partial charge on any atom is -0.448 e. The maximum absolute atomic E-state index is 13.6. The number of hydrogen-bond acceptors (Lipinski definition) is 7. The zero-order valence-electron chi connectivity index (χ0n) is 23.1. The molecule has 1 aromatic heterocycles. The molecule has 0 unspecified atom stereocenters. The van der Waals surface area contributed by atoms with E-state index in [2.05, 4.69) is 19.8 Å². The average molecular weight is 650 g/mol. The van der Waals surface area contributed by atoms with E-state index in [1.54, 1.807) is 31.2 Å². The van der Waals surface area contributed by atoms with Gasteiger partial charge in [-0.15, -0.1) is 18.3 Å². The van der Waals surface area contributed by atoms with E-state index in [0.29, 0.717) is 22.6 Å². The van der Waals surface area contributed by atoms with Gasteiger partial charge in [-0.2, -0.15) is 18.2 Å². The Morgan fingerprint density at radius 2 is 1.71 bits per heavy atom. The van der Waals surface area contributed by atoms with Crippen molar-refractivity contribution < 1.29 is 45.4 Å². The van der Waals surface area contributed by atoms with Gasteiger partial charge in [0.05, 0.1) is 29.3 Å². The smallest absolute Gasteiger partial charge is 0.448 e. The second kappa shape index (κ2) is 12.6. The number of nitrogens with zero attached hydrogens (tertiary/aromatic N) is 5. The van der Waals surface area contributed by atoms with Crippen LogP contribution in [-0.4, -0.2) is 50.7 Å². The third-order valence-corrected chi connectivity index (χ3v) is 7.23. The van der Waals surface area contributed by atoms with Crippen molar-refractivity contribution in [2.24, 2.45) is 4.99 Å². The fourth-order valence-corrected chi connectivity index (χ4v) is 5.11. The SMILES string of the molecule is Cc1ccc(C(F)(F)F)c(N2C(=O)CSC2=NC(=O)OCCc2ccc(-c3ncn(-c4ccc(OC(F)(F)F)cc4)n3)cc2)c1. The lowest BCUT2D eigenvalue weighted by molar-refractivity contribution is -0.274. The summed E-state index contributed by atoms with van der Waals surface area (Å²) in [7, 11) is 0. The number of ether oxygens (including phenoxy) is 2. The van der Waals surface area contributed by atoms with Crippen molar-refractivity contribution in [3.8, 4) is 22.8 Å². The topological polar surface area (TPSA) is 98.9 Å². The van der Waals surface area contributed by atoms with E-state index in [-0.39, 0.29) is 29.7 Å². The van der Waals surface area contributed by atoms with Crippen LogP contribution < -0.4 is 9.64 Å². The highest BCUT2D eigenvalue weighted by Gasteiger charge is 2.40. The summed E-state index contributed by atoms with van der Waals surface area (Å²) in [5.74, 6) is -0.832. The highest BCUT2D eigenvalue weighted by Crippen LogP contribution is 2.40. The van der Waals surface area contributed by atoms with E-state index in [1.165, 1.54) is 35.3 Å². The molecule has 45 heavy (non-hydrogen) atoms. The highest BCUT2D eigenvalue weighted by atomic mass is 32.2. The van der Waals surface area contributed by atoms with Crippen molar-refractivity contribution in [2.45, 2.75) is 25.9 Å². The second-order valence-electron chi connectivity index (χ2n) is 9.55. The van der Waals surface area contributed by atoms with E-state index in [1.807, 2.05) is 0 Å². The van der Waals surface area contributed by atoms with Crippen molar-refractivity contribution in [3.63, 3.8) is 0 Å². The number of aliphatic imine (C=N–C) groups is 1. The number of aromatic nitrogens is 3. The standard InChI is InChI=1S/C29H21F6N5O4S/c1-17-2-11-22(28(30,31)32)23(14-17)40-24(41)15-45-26(40)37-27(42)43-13-12-18-3-5-19(6-4-18)25-36-16-39(38-25)20-7-9-21(10-8-20)44-29(33,34)35/h2-11,14,16H,12-13,15H2,1H3. The van der Waals surface area contributed by atoms with Crippen LogP contribution in [-0.2, 0) is 22.1 Å². The number of benzene rings is 3. The molecule has 4 aromatic rings. The molecule has 0 aliphatic carbocycles. The molecule has 0 spiro atoms. The quantitative estimate of drug-likeness (QED) is 0.199. The van der Waals surface area contributed by atoms with Crippen molar-refractivity contribution >= 4 is 34.6 Å². The maximum Gasteiger partial charge on any atom is 0.573 e. The Morgan fingerprint density at radius 1 is 1.00 bits per heavy atom. The van der Waals surface area contributed by atoms with Crippen LogP contribution in [0.1, 0.15) is 16.7 Å². The van der Waals surface area contributed by atoms with Crippen molar-refractivity contribution in [2.75, 3.05) is 17.3 Å². The van der Waals surface area contributed by atoms with Gasteiger partial charge in [-0.05, 0) is 54.4 Å². The summed E-state index contributed by atoms with van der Waals surface area (Å²) < 4.78 is 88.4. The molecule has 0 saturated carbocycles. The predicted molar refractivity (Wildman–Crippen MR) is 152 cm³/mol. The summed E-state index contributed by atoms with van der Waals surface area (Å²) >= 11 is 0.837. The molecule has 1 saturated heterocycles. The van der Waals surface area contributed by atoms with Gasteiger partial charge in [-0.3, -0.25) is 9.69 Å². The molecule has 1 aliphatic heterocycles. The van der Waals surface area contributed by atoms with Gasteiger partial charge in [0, 0.05) is 12.0 Å². The number of halogens is 6. The van der Waals surface area contributed by atoms with E-state index < -0.39 is 35.8 Å². The van der Waals surface area contributed by atoms with Gasteiger partial charge in [0.2, 0.25) is 5.91 Å². The van der Waals surface area contributed by atoms with Crippen LogP contribution in [0.25, 0.3) is 17.1 Å². The number of alkyl halides is 6. The summed E-state index contributed by atoms with van der Waals surface area (Å²) in [6, 6.07) is 15.5. The first-order chi connectivity index (χ1) is 21.3. The number of anilines is 1. The van der Waals surface area contributed by atoms with Gasteiger partial charge in [0.25, 0.3) is 0 Å². The fourth-order valence-electron chi connectivity index (χ4n) is 4.26. The summed E-state index contributed by atoms with van der Waals surface area (Å²) in [6.07, 6.45) is -8.88. The molecule has 2 amide bonds. The Labute approximate surface area is 255 Å². The molecule has 0 atom stereocenters. The lowest BCUT2D eigenvalue weighted by atomic mass is 10.1. The first-order valence-electron chi connectivity index (χ1n) is 13.0. The van der Waals surface area contributed by atoms with Gasteiger partial charge >= 0.3 is 18.6 Å². The predicted octanol–water partition coefficient (Wildman–Crippen LogP) is 6.98. The summed E-state index contributed by atoms with van der Waals surface area (Å²) in [5, 5.41) is 4.14. The summed E-state index contributed by atoms with van der Waals surface area (Å²) in [4.78, 5) is 33.6. The van der Waals surface area contributed by atoms with Crippen LogP contribution in [0, 0.1) is 6.92 Å². The Kier molecular flexibility index (Phi) is 8.86. The Bertz CT molecular complexity index is 1740. The third-order valence-electron chi connectivity index (χ3n) is 6.31. The molecule has 1 aliphatic rings. The maximum atomic E-state index is 13.6. The summed E-state index contributed by atoms with van der Waals surface area (Å²) in [6.45, 7) is 1.49. The molecule has 0 bridgehead atoms. The number of carbonyl (C=O) groups is 2. The number of amides is 2. The number of amidine groups is 1.